The van der Waals surface area contributed by atoms with Gasteiger partial charge in [0.15, 0.2) is 5.78 Å². The number of aryl methyl sites for hydroxylation is 2. The fraction of sp³-hybridized carbons (Fsp3) is 0.500. The first kappa shape index (κ1) is 17.2. The van der Waals surface area contributed by atoms with Gasteiger partial charge in [0.05, 0.1) is 16.9 Å². The highest BCUT2D eigenvalue weighted by molar-refractivity contribution is 5.95. The number of carbonyl (C=O) groups is 1. The molecule has 2 rings (SSSR count). The minimum atomic E-state index is -0.140. The van der Waals surface area contributed by atoms with E-state index in [1.165, 1.54) is 0 Å². The van der Waals surface area contributed by atoms with Gasteiger partial charge in [-0.15, -0.1) is 0 Å². The summed E-state index contributed by atoms with van der Waals surface area (Å²) in [6.07, 6.45) is 3.91. The zero-order valence-electron chi connectivity index (χ0n) is 14.7. The van der Waals surface area contributed by atoms with Crippen molar-refractivity contribution in [1.82, 2.24) is 14.8 Å². The molecule has 0 aliphatic carbocycles. The highest BCUT2D eigenvalue weighted by Crippen LogP contribution is 2.20. The molecule has 124 valence electrons. The summed E-state index contributed by atoms with van der Waals surface area (Å²) in [6, 6.07) is 3.73. The van der Waals surface area contributed by atoms with Gasteiger partial charge >= 0.3 is 0 Å². The number of nitrogens with two attached hydrogens (primary N) is 1. The molecule has 0 aliphatic heterocycles. The number of ketones is 1. The summed E-state index contributed by atoms with van der Waals surface area (Å²) in [5, 5.41) is 4.55. The fourth-order valence-electron chi connectivity index (χ4n) is 2.54. The molecule has 0 amide bonds. The minimum Gasteiger partial charge on any atom is -0.397 e. The van der Waals surface area contributed by atoms with Crippen LogP contribution in [-0.2, 0) is 18.4 Å². The van der Waals surface area contributed by atoms with Crippen molar-refractivity contribution in [1.29, 1.82) is 0 Å². The minimum absolute atomic E-state index is 0.00425. The molecule has 2 aromatic rings. The molecular formula is C18H26N4O. The molecule has 23 heavy (non-hydrogen) atoms. The molecule has 0 aliphatic rings. The number of anilines is 1. The van der Waals surface area contributed by atoms with E-state index in [1.807, 2.05) is 23.7 Å². The molecule has 5 heteroatoms. The molecule has 2 heterocycles. The third-order valence-corrected chi connectivity index (χ3v) is 3.76. The van der Waals surface area contributed by atoms with Crippen molar-refractivity contribution < 1.29 is 4.79 Å². The van der Waals surface area contributed by atoms with E-state index in [0.29, 0.717) is 11.4 Å². The van der Waals surface area contributed by atoms with Crippen LogP contribution in [0.2, 0.25) is 0 Å². The van der Waals surface area contributed by atoms with Gasteiger partial charge in [-0.25, -0.2) is 0 Å². The van der Waals surface area contributed by atoms with Crippen molar-refractivity contribution in [2.75, 3.05) is 5.73 Å². The maximum atomic E-state index is 12.6. The van der Waals surface area contributed by atoms with Crippen LogP contribution in [0.3, 0.4) is 0 Å². The molecule has 0 saturated heterocycles. The molecular weight excluding hydrogens is 288 g/mol. The molecule has 0 aromatic carbocycles. The number of hydrogen-bond donors (Lipinski definition) is 1. The summed E-state index contributed by atoms with van der Waals surface area (Å²) in [5.74, 6) is -0.00425. The Morgan fingerprint density at radius 3 is 2.57 bits per heavy atom. The number of Topliss-reactive ketones (excluding diaryl/α,β-unsaturated/α-hetero) is 1. The van der Waals surface area contributed by atoms with Gasteiger partial charge in [-0.05, 0) is 51.8 Å². The number of aromatic nitrogens is 3. The maximum Gasteiger partial charge on any atom is 0.187 e. The molecule has 0 radical (unpaired) electrons. The number of rotatable bonds is 5. The van der Waals surface area contributed by atoms with E-state index >= 15 is 0 Å². The Bertz CT molecular complexity index is 710. The summed E-state index contributed by atoms with van der Waals surface area (Å²) >= 11 is 0. The van der Waals surface area contributed by atoms with Crippen LogP contribution in [0.15, 0.2) is 18.3 Å². The summed E-state index contributed by atoms with van der Waals surface area (Å²) in [5.41, 5.74) is 9.56. The van der Waals surface area contributed by atoms with Gasteiger partial charge in [-0.1, -0.05) is 13.3 Å². The van der Waals surface area contributed by atoms with Crippen LogP contribution in [0.1, 0.15) is 61.6 Å². The molecule has 0 saturated carbocycles. The second-order valence-corrected chi connectivity index (χ2v) is 6.97. The summed E-state index contributed by atoms with van der Waals surface area (Å²) in [7, 11) is 0. The summed E-state index contributed by atoms with van der Waals surface area (Å²) < 4.78 is 1.96. The lowest BCUT2D eigenvalue weighted by Crippen LogP contribution is -2.25. The van der Waals surface area contributed by atoms with Gasteiger partial charge in [0.25, 0.3) is 0 Å². The second kappa shape index (κ2) is 6.52. The number of nitrogen functional groups attached to an aromatic ring is 1. The van der Waals surface area contributed by atoms with E-state index in [9.17, 15) is 4.79 Å². The first-order chi connectivity index (χ1) is 10.7. The van der Waals surface area contributed by atoms with Crippen LogP contribution in [0.5, 0.6) is 0 Å². The third kappa shape index (κ3) is 3.97. The van der Waals surface area contributed by atoms with E-state index in [0.717, 1.165) is 29.8 Å². The Morgan fingerprint density at radius 1 is 1.30 bits per heavy atom. The van der Waals surface area contributed by atoms with E-state index in [-0.39, 0.29) is 17.7 Å². The molecule has 2 aromatic heterocycles. The smallest absolute Gasteiger partial charge is 0.187 e. The van der Waals surface area contributed by atoms with Gasteiger partial charge in [0, 0.05) is 18.3 Å². The largest absolute Gasteiger partial charge is 0.397 e. The van der Waals surface area contributed by atoms with Crippen LogP contribution in [0.4, 0.5) is 5.69 Å². The van der Waals surface area contributed by atoms with Gasteiger partial charge in [-0.2, -0.15) is 5.10 Å². The van der Waals surface area contributed by atoms with Gasteiger partial charge in [0.2, 0.25) is 0 Å². The monoisotopic (exact) mass is 314 g/mol. The Kier molecular flexibility index (Phi) is 4.88. The summed E-state index contributed by atoms with van der Waals surface area (Å²) in [4.78, 5) is 16.8. The van der Waals surface area contributed by atoms with Crippen LogP contribution in [0.25, 0.3) is 0 Å². The topological polar surface area (TPSA) is 73.8 Å². The van der Waals surface area contributed by atoms with Crippen molar-refractivity contribution in [3.8, 4) is 0 Å². The normalized spacial score (nSPS) is 11.7. The predicted molar refractivity (Wildman–Crippen MR) is 92.6 cm³/mol. The van der Waals surface area contributed by atoms with Gasteiger partial charge in [0.1, 0.15) is 5.69 Å². The zero-order chi connectivity index (χ0) is 17.2. The molecule has 0 atom stereocenters. The van der Waals surface area contributed by atoms with Crippen LogP contribution in [0, 0.1) is 6.92 Å². The Hall–Kier alpha value is -2.17. The van der Waals surface area contributed by atoms with Crippen molar-refractivity contribution in [3.05, 3.63) is 41.0 Å². The lowest BCUT2D eigenvalue weighted by atomic mass is 10.1. The predicted octanol–water partition coefficient (Wildman–Crippen LogP) is 3.30. The molecule has 0 spiro atoms. The highest BCUT2D eigenvalue weighted by atomic mass is 16.1. The SMILES string of the molecule is CCCc1cc(C(=O)Cc2cnc(C)c(N)c2)nn1C(C)(C)C. The van der Waals surface area contributed by atoms with E-state index < -0.39 is 0 Å². The number of carbonyl (C=O) groups excluding carboxylic acids is 1. The number of pyridine rings is 1. The first-order valence-electron chi connectivity index (χ1n) is 8.06. The highest BCUT2D eigenvalue weighted by Gasteiger charge is 2.22. The van der Waals surface area contributed by atoms with Crippen molar-refractivity contribution in [3.63, 3.8) is 0 Å². The van der Waals surface area contributed by atoms with Crippen LogP contribution < -0.4 is 5.73 Å². The van der Waals surface area contributed by atoms with Crippen molar-refractivity contribution >= 4 is 11.5 Å². The molecule has 0 fully saturated rings. The summed E-state index contributed by atoms with van der Waals surface area (Å²) in [6.45, 7) is 10.3. The standard InChI is InChI=1S/C18H26N4O/c1-6-7-14-10-16(21-22(14)18(3,4)5)17(23)9-13-8-15(19)12(2)20-11-13/h8,10-11H,6-7,9,19H2,1-5H3. The van der Waals surface area contributed by atoms with Crippen LogP contribution >= 0.6 is 0 Å². The van der Waals surface area contributed by atoms with Gasteiger partial charge < -0.3 is 5.73 Å². The molecule has 0 bridgehead atoms. The van der Waals surface area contributed by atoms with E-state index in [4.69, 9.17) is 5.73 Å². The lowest BCUT2D eigenvalue weighted by Gasteiger charge is -2.22. The molecule has 5 nitrogen and oxygen atoms in total. The lowest BCUT2D eigenvalue weighted by molar-refractivity contribution is 0.0986. The van der Waals surface area contributed by atoms with E-state index in [1.54, 1.807) is 6.20 Å². The zero-order valence-corrected chi connectivity index (χ0v) is 14.7. The van der Waals surface area contributed by atoms with Crippen molar-refractivity contribution in [2.45, 2.75) is 59.4 Å². The first-order valence-corrected chi connectivity index (χ1v) is 8.06. The molecule has 0 unspecified atom stereocenters. The molecule has 2 N–H and O–H groups in total. The van der Waals surface area contributed by atoms with Crippen LogP contribution in [-0.4, -0.2) is 20.5 Å². The second-order valence-electron chi connectivity index (χ2n) is 6.97. The van der Waals surface area contributed by atoms with E-state index in [2.05, 4.69) is 37.8 Å². The van der Waals surface area contributed by atoms with Gasteiger partial charge in [-0.3, -0.25) is 14.5 Å². The number of nitrogens with zero attached hydrogens (tertiary/aromatic N) is 3. The maximum absolute atomic E-state index is 12.6. The Balaban J connectivity index is 2.27. The third-order valence-electron chi connectivity index (χ3n) is 3.76. The Labute approximate surface area is 137 Å². The Morgan fingerprint density at radius 2 is 2.00 bits per heavy atom. The fourth-order valence-corrected chi connectivity index (χ4v) is 2.54. The van der Waals surface area contributed by atoms with Crippen molar-refractivity contribution in [2.24, 2.45) is 0 Å². The quantitative estimate of drug-likeness (QED) is 0.859. The average Bonchev–Trinajstić information content (AvgIpc) is 2.87. The number of hydrogen-bond acceptors (Lipinski definition) is 4. The average molecular weight is 314 g/mol.